The van der Waals surface area contributed by atoms with Crippen LogP contribution in [0.2, 0.25) is 0 Å². The Kier molecular flexibility index (Phi) is 2.18. The number of hydrogen-bond acceptors (Lipinski definition) is 3. The van der Waals surface area contributed by atoms with E-state index in [1.807, 2.05) is 0 Å². The van der Waals surface area contributed by atoms with Crippen molar-refractivity contribution in [1.82, 2.24) is 19.9 Å². The van der Waals surface area contributed by atoms with E-state index in [-0.39, 0.29) is 0 Å². The molecule has 0 saturated heterocycles. The van der Waals surface area contributed by atoms with Crippen LogP contribution in [0.15, 0.2) is 18.9 Å². The summed E-state index contributed by atoms with van der Waals surface area (Å²) in [7, 11) is 0. The largest absolute Gasteiger partial charge is 0.342 e. The normalized spacial score (nSPS) is 8.55. The topological polar surface area (TPSA) is 54.5 Å². The molecule has 54 valence electrons. The summed E-state index contributed by atoms with van der Waals surface area (Å²) in [5.41, 5.74) is 1.59. The van der Waals surface area contributed by atoms with Crippen LogP contribution in [0.5, 0.6) is 0 Å². The van der Waals surface area contributed by atoms with Gasteiger partial charge in [0.05, 0.1) is 12.5 Å². The Hall–Kier alpha value is -1.89. The van der Waals surface area contributed by atoms with Crippen LogP contribution in [0.25, 0.3) is 11.2 Å². The molecule has 0 aliphatic rings. The highest BCUT2D eigenvalue weighted by molar-refractivity contribution is 5.67. The number of nitrogens with one attached hydrogen (secondary N) is 1. The molecule has 2 heterocycles. The minimum absolute atomic E-state index is 0.713. The molecule has 0 spiro atoms. The van der Waals surface area contributed by atoms with Crippen molar-refractivity contribution in [3.8, 4) is 12.8 Å². The molecule has 0 amide bonds. The van der Waals surface area contributed by atoms with E-state index < -0.39 is 0 Å². The van der Waals surface area contributed by atoms with Crippen LogP contribution >= 0.6 is 0 Å². The average molecular weight is 146 g/mol. The van der Waals surface area contributed by atoms with E-state index in [1.165, 1.54) is 6.33 Å². The lowest BCUT2D eigenvalue weighted by Crippen LogP contribution is -1.76. The second kappa shape index (κ2) is 3.32. The summed E-state index contributed by atoms with van der Waals surface area (Å²) in [5.74, 6) is 0. The molecular weight excluding hydrogens is 140 g/mol. The van der Waals surface area contributed by atoms with Crippen LogP contribution in [0.4, 0.5) is 0 Å². The Labute approximate surface area is 63.7 Å². The van der Waals surface area contributed by atoms with Crippen molar-refractivity contribution in [2.24, 2.45) is 0 Å². The first kappa shape index (κ1) is 7.22. The number of imidazole rings is 1. The number of aromatic nitrogens is 4. The van der Waals surface area contributed by atoms with E-state index in [0.29, 0.717) is 5.65 Å². The smallest absolute Gasteiger partial charge is 0.180 e. The Bertz CT molecular complexity index is 319. The highest BCUT2D eigenvalue weighted by Gasteiger charge is 1.91. The van der Waals surface area contributed by atoms with Gasteiger partial charge in [0.2, 0.25) is 0 Å². The highest BCUT2D eigenvalue weighted by atomic mass is 15.0. The Morgan fingerprint density at radius 3 is 2.82 bits per heavy atom. The van der Waals surface area contributed by atoms with E-state index in [1.54, 1.807) is 12.5 Å². The second-order valence-corrected chi connectivity index (χ2v) is 1.66. The van der Waals surface area contributed by atoms with Crippen molar-refractivity contribution in [2.45, 2.75) is 0 Å². The van der Waals surface area contributed by atoms with E-state index in [0.717, 1.165) is 5.52 Å². The summed E-state index contributed by atoms with van der Waals surface area (Å²) in [5, 5.41) is 0. The molecule has 0 aromatic carbocycles. The fourth-order valence-corrected chi connectivity index (χ4v) is 0.691. The molecule has 4 nitrogen and oxygen atoms in total. The molecule has 2 aromatic heterocycles. The number of terminal acetylenes is 1. The van der Waals surface area contributed by atoms with Crippen molar-refractivity contribution in [2.75, 3.05) is 0 Å². The van der Waals surface area contributed by atoms with Gasteiger partial charge in [0.1, 0.15) is 11.8 Å². The van der Waals surface area contributed by atoms with Crippen molar-refractivity contribution >= 4 is 11.2 Å². The van der Waals surface area contributed by atoms with Crippen molar-refractivity contribution in [1.29, 1.82) is 0 Å². The summed E-state index contributed by atoms with van der Waals surface area (Å²) >= 11 is 0. The highest BCUT2D eigenvalue weighted by Crippen LogP contribution is 1.99. The van der Waals surface area contributed by atoms with Gasteiger partial charge in [-0.1, -0.05) is 0 Å². The molecule has 0 atom stereocenters. The zero-order chi connectivity index (χ0) is 8.10. The molecule has 2 aromatic rings. The van der Waals surface area contributed by atoms with Crippen LogP contribution in [0, 0.1) is 12.8 Å². The van der Waals surface area contributed by atoms with Gasteiger partial charge in [-0.15, -0.1) is 12.8 Å². The van der Waals surface area contributed by atoms with Crippen LogP contribution in [-0.2, 0) is 0 Å². The summed E-state index contributed by atoms with van der Waals surface area (Å²) in [4.78, 5) is 14.5. The molecule has 4 heteroatoms. The van der Waals surface area contributed by atoms with Crippen LogP contribution in [0.3, 0.4) is 0 Å². The minimum atomic E-state index is 0.713. The van der Waals surface area contributed by atoms with Crippen LogP contribution in [0.1, 0.15) is 0 Å². The zero-order valence-electron chi connectivity index (χ0n) is 5.73. The van der Waals surface area contributed by atoms with Crippen molar-refractivity contribution < 1.29 is 0 Å². The SMILES string of the molecule is C#C.c1ncc2[nH]cnc2n1. The Morgan fingerprint density at radius 2 is 2.09 bits per heavy atom. The first-order valence-electron chi connectivity index (χ1n) is 2.89. The first-order valence-corrected chi connectivity index (χ1v) is 2.89. The lowest BCUT2D eigenvalue weighted by molar-refractivity contribution is 1.20. The average Bonchev–Trinajstić information content (AvgIpc) is 2.55. The van der Waals surface area contributed by atoms with Gasteiger partial charge in [-0.2, -0.15) is 0 Å². The monoisotopic (exact) mass is 146 g/mol. The number of aromatic amines is 1. The number of hydrogen-bond donors (Lipinski definition) is 1. The lowest BCUT2D eigenvalue weighted by Gasteiger charge is -1.80. The number of H-pyrrole nitrogens is 1. The molecule has 2 rings (SSSR count). The molecule has 0 fully saturated rings. The lowest BCUT2D eigenvalue weighted by atomic mass is 10.6. The van der Waals surface area contributed by atoms with E-state index in [9.17, 15) is 0 Å². The summed E-state index contributed by atoms with van der Waals surface area (Å²) < 4.78 is 0. The molecule has 0 bridgehead atoms. The fourth-order valence-electron chi connectivity index (χ4n) is 0.691. The predicted molar refractivity (Wildman–Crippen MR) is 41.6 cm³/mol. The number of nitrogens with zero attached hydrogens (tertiary/aromatic N) is 3. The van der Waals surface area contributed by atoms with Crippen LogP contribution in [-0.4, -0.2) is 19.9 Å². The molecule has 1 N–H and O–H groups in total. The van der Waals surface area contributed by atoms with Gasteiger partial charge < -0.3 is 4.98 Å². The summed E-state index contributed by atoms with van der Waals surface area (Å²) in [6, 6.07) is 0. The Morgan fingerprint density at radius 1 is 1.27 bits per heavy atom. The predicted octanol–water partition coefficient (Wildman–Crippen LogP) is 0.602. The van der Waals surface area contributed by atoms with Crippen LogP contribution < -0.4 is 0 Å². The molecule has 0 aliphatic heterocycles. The van der Waals surface area contributed by atoms with Gasteiger partial charge >= 0.3 is 0 Å². The third-order valence-electron chi connectivity index (χ3n) is 1.10. The molecule has 0 aliphatic carbocycles. The van der Waals surface area contributed by atoms with Gasteiger partial charge in [0.15, 0.2) is 5.65 Å². The van der Waals surface area contributed by atoms with Gasteiger partial charge in [-0.25, -0.2) is 15.0 Å². The van der Waals surface area contributed by atoms with Crippen molar-refractivity contribution in [3.05, 3.63) is 18.9 Å². The zero-order valence-corrected chi connectivity index (χ0v) is 5.73. The summed E-state index contributed by atoms with van der Waals surface area (Å²) in [6.07, 6.45) is 12.8. The van der Waals surface area contributed by atoms with Gasteiger partial charge in [-0.05, 0) is 0 Å². The molecule has 0 saturated carbocycles. The molecule has 11 heavy (non-hydrogen) atoms. The number of rotatable bonds is 0. The third kappa shape index (κ3) is 1.33. The van der Waals surface area contributed by atoms with Crippen molar-refractivity contribution in [3.63, 3.8) is 0 Å². The minimum Gasteiger partial charge on any atom is -0.342 e. The third-order valence-corrected chi connectivity index (χ3v) is 1.10. The molecule has 0 radical (unpaired) electrons. The fraction of sp³-hybridized carbons (Fsp3) is 0. The maximum absolute atomic E-state index is 4.00. The molecule has 0 unspecified atom stereocenters. The second-order valence-electron chi connectivity index (χ2n) is 1.66. The maximum Gasteiger partial charge on any atom is 0.180 e. The van der Waals surface area contributed by atoms with E-state index in [4.69, 9.17) is 0 Å². The standard InChI is InChI=1S/C5H4N4.C2H2/c1-4-5(8-2-6-1)9-3-7-4;1-2/h1-3H,(H,6,7,8,9);1-2H. The van der Waals surface area contributed by atoms with E-state index >= 15 is 0 Å². The van der Waals surface area contributed by atoms with Gasteiger partial charge in [0.25, 0.3) is 0 Å². The number of fused-ring (bicyclic) bond motifs is 1. The van der Waals surface area contributed by atoms with Gasteiger partial charge in [-0.3, -0.25) is 0 Å². The first-order chi connectivity index (χ1) is 5.47. The maximum atomic E-state index is 4.00. The quantitative estimate of drug-likeness (QED) is 0.554. The summed E-state index contributed by atoms with van der Waals surface area (Å²) in [6.45, 7) is 0. The Balaban J connectivity index is 0.000000281. The van der Waals surface area contributed by atoms with Gasteiger partial charge in [0, 0.05) is 0 Å². The molecular formula is C7H6N4. The van der Waals surface area contributed by atoms with E-state index in [2.05, 4.69) is 32.8 Å².